The molecule has 0 unspecified atom stereocenters. The number of anilines is 1. The van der Waals surface area contributed by atoms with E-state index >= 15 is 0 Å². The molecule has 0 radical (unpaired) electrons. The molecule has 7 nitrogen and oxygen atoms in total. The van der Waals surface area contributed by atoms with Crippen molar-refractivity contribution < 1.29 is 22.7 Å². The topological polar surface area (TPSA) is 123 Å². The molecule has 0 amide bonds. The molecule has 0 atom stereocenters. The van der Waals surface area contributed by atoms with Gasteiger partial charge in [0.15, 0.2) is 0 Å². The monoisotopic (exact) mass is 338 g/mol. The standard InChI is InChI=1S/C15H18N2O5S/c1-9(2)11-6-13(17-8-10-4-3-5-22-10)12(15(18)19)7-14(11)23(16,20)21/h3-7,9,17H,8H2,1-2H3,(H,18,19)(H2,16,20,21). The molecule has 2 rings (SSSR count). The highest BCUT2D eigenvalue weighted by Gasteiger charge is 2.22. The third kappa shape index (κ3) is 3.91. The van der Waals surface area contributed by atoms with Gasteiger partial charge in [0.2, 0.25) is 10.0 Å². The molecule has 124 valence electrons. The molecule has 0 fully saturated rings. The fourth-order valence-electron chi connectivity index (χ4n) is 2.21. The van der Waals surface area contributed by atoms with Gasteiger partial charge in [0, 0.05) is 5.69 Å². The smallest absolute Gasteiger partial charge is 0.337 e. The zero-order chi connectivity index (χ0) is 17.2. The molecule has 0 aliphatic heterocycles. The van der Waals surface area contributed by atoms with Crippen molar-refractivity contribution in [1.29, 1.82) is 0 Å². The number of nitrogens with two attached hydrogens (primary N) is 1. The van der Waals surface area contributed by atoms with E-state index in [9.17, 15) is 18.3 Å². The lowest BCUT2D eigenvalue weighted by Gasteiger charge is -2.16. The van der Waals surface area contributed by atoms with Crippen LogP contribution in [0.3, 0.4) is 0 Å². The highest BCUT2D eigenvalue weighted by molar-refractivity contribution is 7.89. The van der Waals surface area contributed by atoms with Crippen molar-refractivity contribution in [2.75, 3.05) is 5.32 Å². The Morgan fingerprint density at radius 1 is 1.39 bits per heavy atom. The number of carboxylic acid groups (broad SMARTS) is 1. The van der Waals surface area contributed by atoms with Crippen LogP contribution in [0.4, 0.5) is 5.69 Å². The van der Waals surface area contributed by atoms with Gasteiger partial charge in [-0.05, 0) is 35.7 Å². The molecule has 2 aromatic rings. The zero-order valence-electron chi connectivity index (χ0n) is 12.7. The Balaban J connectivity index is 2.51. The summed E-state index contributed by atoms with van der Waals surface area (Å²) in [5, 5.41) is 17.5. The number of furan rings is 1. The summed E-state index contributed by atoms with van der Waals surface area (Å²) in [7, 11) is -4.02. The molecule has 0 saturated carbocycles. The lowest BCUT2D eigenvalue weighted by Crippen LogP contribution is -2.17. The van der Waals surface area contributed by atoms with E-state index in [2.05, 4.69) is 5.32 Å². The molecule has 8 heteroatoms. The number of aromatic carboxylic acids is 1. The zero-order valence-corrected chi connectivity index (χ0v) is 13.6. The van der Waals surface area contributed by atoms with E-state index < -0.39 is 16.0 Å². The number of rotatable bonds is 6. The fraction of sp³-hybridized carbons (Fsp3) is 0.267. The molecule has 1 aromatic heterocycles. The van der Waals surface area contributed by atoms with Crippen LogP contribution >= 0.6 is 0 Å². The maximum atomic E-state index is 11.7. The van der Waals surface area contributed by atoms with Crippen molar-refractivity contribution in [3.8, 4) is 0 Å². The minimum Gasteiger partial charge on any atom is -0.478 e. The average Bonchev–Trinajstić information content (AvgIpc) is 2.96. The molecule has 1 heterocycles. The van der Waals surface area contributed by atoms with E-state index in [0.717, 1.165) is 6.07 Å². The van der Waals surface area contributed by atoms with Crippen LogP contribution in [-0.4, -0.2) is 19.5 Å². The summed E-state index contributed by atoms with van der Waals surface area (Å²) in [4.78, 5) is 11.3. The second-order valence-electron chi connectivity index (χ2n) is 5.37. The summed E-state index contributed by atoms with van der Waals surface area (Å²) in [5.74, 6) is -0.759. The van der Waals surface area contributed by atoms with E-state index in [0.29, 0.717) is 17.0 Å². The summed E-state index contributed by atoms with van der Waals surface area (Å²) < 4.78 is 28.7. The third-order valence-electron chi connectivity index (χ3n) is 3.34. The van der Waals surface area contributed by atoms with Crippen LogP contribution in [-0.2, 0) is 16.6 Å². The van der Waals surface area contributed by atoms with E-state index in [1.165, 1.54) is 12.3 Å². The van der Waals surface area contributed by atoms with Crippen molar-refractivity contribution in [3.05, 3.63) is 47.4 Å². The van der Waals surface area contributed by atoms with Gasteiger partial charge in [-0.3, -0.25) is 0 Å². The van der Waals surface area contributed by atoms with Crippen molar-refractivity contribution in [2.24, 2.45) is 5.14 Å². The Hall–Kier alpha value is -2.32. The van der Waals surface area contributed by atoms with Crippen LogP contribution in [0.1, 0.15) is 41.4 Å². The highest BCUT2D eigenvalue weighted by atomic mass is 32.2. The number of benzene rings is 1. The van der Waals surface area contributed by atoms with Crippen LogP contribution in [0.25, 0.3) is 0 Å². The molecular weight excluding hydrogens is 320 g/mol. The summed E-state index contributed by atoms with van der Waals surface area (Å²) in [6.07, 6.45) is 1.51. The normalized spacial score (nSPS) is 11.7. The lowest BCUT2D eigenvalue weighted by atomic mass is 10.00. The lowest BCUT2D eigenvalue weighted by molar-refractivity contribution is 0.0697. The first-order valence-electron chi connectivity index (χ1n) is 6.90. The predicted molar refractivity (Wildman–Crippen MR) is 84.9 cm³/mol. The molecule has 0 bridgehead atoms. The van der Waals surface area contributed by atoms with Crippen molar-refractivity contribution in [3.63, 3.8) is 0 Å². The first-order chi connectivity index (χ1) is 10.7. The van der Waals surface area contributed by atoms with Gasteiger partial charge in [-0.25, -0.2) is 18.4 Å². The fourth-order valence-corrected chi connectivity index (χ4v) is 3.12. The Morgan fingerprint density at radius 3 is 2.57 bits per heavy atom. The predicted octanol–water partition coefficient (Wildman–Crippen LogP) is 2.36. The van der Waals surface area contributed by atoms with Crippen molar-refractivity contribution >= 4 is 21.7 Å². The van der Waals surface area contributed by atoms with Gasteiger partial charge in [-0.1, -0.05) is 13.8 Å². The maximum Gasteiger partial charge on any atom is 0.337 e. The van der Waals surface area contributed by atoms with E-state index in [4.69, 9.17) is 9.56 Å². The van der Waals surface area contributed by atoms with Gasteiger partial charge in [0.1, 0.15) is 5.76 Å². The molecular formula is C15H18N2O5S. The largest absolute Gasteiger partial charge is 0.478 e. The van der Waals surface area contributed by atoms with Gasteiger partial charge in [0.25, 0.3) is 0 Å². The second kappa shape index (κ2) is 6.43. The number of nitrogens with one attached hydrogen (secondary N) is 1. The minimum absolute atomic E-state index is 0.143. The first kappa shape index (κ1) is 17.0. The Bertz CT molecular complexity index is 811. The van der Waals surface area contributed by atoms with Gasteiger partial charge in [-0.15, -0.1) is 0 Å². The molecule has 23 heavy (non-hydrogen) atoms. The van der Waals surface area contributed by atoms with Crippen molar-refractivity contribution in [1.82, 2.24) is 0 Å². The average molecular weight is 338 g/mol. The summed E-state index contributed by atoms with van der Waals surface area (Å²) in [5.41, 5.74) is 0.606. The van der Waals surface area contributed by atoms with E-state index in [1.54, 1.807) is 26.0 Å². The Morgan fingerprint density at radius 2 is 2.09 bits per heavy atom. The molecule has 0 aliphatic rings. The second-order valence-corrected chi connectivity index (χ2v) is 6.90. The van der Waals surface area contributed by atoms with E-state index in [-0.39, 0.29) is 22.9 Å². The molecule has 4 N–H and O–H groups in total. The Kier molecular flexibility index (Phi) is 4.76. The molecule has 0 spiro atoms. The number of primary sulfonamides is 1. The maximum absolute atomic E-state index is 11.7. The summed E-state index contributed by atoms with van der Waals surface area (Å²) >= 11 is 0. The SMILES string of the molecule is CC(C)c1cc(NCc2ccco2)c(C(=O)O)cc1S(N)(=O)=O. The number of hydrogen-bond acceptors (Lipinski definition) is 5. The molecule has 0 saturated heterocycles. The van der Waals surface area contributed by atoms with Gasteiger partial charge < -0.3 is 14.8 Å². The molecule has 0 aliphatic carbocycles. The minimum atomic E-state index is -4.02. The summed E-state index contributed by atoms with van der Waals surface area (Å²) in [6.45, 7) is 3.89. The van der Waals surface area contributed by atoms with Gasteiger partial charge in [0.05, 0.1) is 23.3 Å². The number of sulfonamides is 1. The highest BCUT2D eigenvalue weighted by Crippen LogP contribution is 2.30. The quantitative estimate of drug-likeness (QED) is 0.743. The molecule has 1 aromatic carbocycles. The number of hydrogen-bond donors (Lipinski definition) is 3. The van der Waals surface area contributed by atoms with Crippen LogP contribution in [0.15, 0.2) is 39.8 Å². The first-order valence-corrected chi connectivity index (χ1v) is 8.45. The Labute approximate surface area is 134 Å². The van der Waals surface area contributed by atoms with Crippen LogP contribution in [0, 0.1) is 0 Å². The summed E-state index contributed by atoms with van der Waals surface area (Å²) in [6, 6.07) is 6.07. The third-order valence-corrected chi connectivity index (χ3v) is 4.31. The number of carboxylic acids is 1. The number of carbonyl (C=O) groups is 1. The van der Waals surface area contributed by atoms with Crippen LogP contribution in [0.5, 0.6) is 0 Å². The van der Waals surface area contributed by atoms with Crippen LogP contribution < -0.4 is 10.5 Å². The van der Waals surface area contributed by atoms with Crippen LogP contribution in [0.2, 0.25) is 0 Å². The van der Waals surface area contributed by atoms with Gasteiger partial charge >= 0.3 is 5.97 Å². The van der Waals surface area contributed by atoms with Gasteiger partial charge in [-0.2, -0.15) is 0 Å². The van der Waals surface area contributed by atoms with Crippen molar-refractivity contribution in [2.45, 2.75) is 31.2 Å². The van der Waals surface area contributed by atoms with E-state index in [1.807, 2.05) is 0 Å².